The fourth-order valence-electron chi connectivity index (χ4n) is 2.02. The fourth-order valence-corrected chi connectivity index (χ4v) is 2.02. The molecule has 0 saturated heterocycles. The Balaban J connectivity index is 2.52. The molecule has 1 amide bonds. The third-order valence-electron chi connectivity index (χ3n) is 3.85. The van der Waals surface area contributed by atoms with Gasteiger partial charge in [0.05, 0.1) is 6.54 Å². The Labute approximate surface area is 123 Å². The minimum atomic E-state index is -0.810. The first-order chi connectivity index (χ1) is 9.98. The summed E-state index contributed by atoms with van der Waals surface area (Å²) in [6.07, 6.45) is 1.55. The minimum Gasteiger partial charge on any atom is -0.396 e. The number of aliphatic hydroxyl groups is 1. The summed E-state index contributed by atoms with van der Waals surface area (Å²) < 4.78 is 26.8. The molecule has 0 radical (unpaired) electrons. The Bertz CT molecular complexity index is 448. The number of benzene rings is 1. The molecule has 0 saturated carbocycles. The van der Waals surface area contributed by atoms with E-state index in [1.165, 1.54) is 6.07 Å². The normalized spacial score (nSPS) is 11.5. The lowest BCUT2D eigenvalue weighted by Crippen LogP contribution is -2.40. The molecule has 0 bridgehead atoms. The molecule has 0 aliphatic heterocycles. The van der Waals surface area contributed by atoms with Gasteiger partial charge in [-0.1, -0.05) is 19.9 Å². The van der Waals surface area contributed by atoms with E-state index in [1.807, 2.05) is 13.8 Å². The van der Waals surface area contributed by atoms with E-state index in [-0.39, 0.29) is 18.6 Å². The second-order valence-corrected chi connectivity index (χ2v) is 5.11. The molecule has 0 aliphatic carbocycles. The minimum absolute atomic E-state index is 0.0244. The van der Waals surface area contributed by atoms with Gasteiger partial charge >= 0.3 is 0 Å². The van der Waals surface area contributed by atoms with Crippen LogP contribution in [-0.4, -0.2) is 30.7 Å². The Morgan fingerprint density at radius 1 is 1.24 bits per heavy atom. The topological polar surface area (TPSA) is 61.4 Å². The maximum absolute atomic E-state index is 13.4. The highest BCUT2D eigenvalue weighted by Crippen LogP contribution is 2.24. The van der Waals surface area contributed by atoms with Gasteiger partial charge in [0.15, 0.2) is 0 Å². The van der Waals surface area contributed by atoms with Crippen molar-refractivity contribution in [1.29, 1.82) is 0 Å². The van der Waals surface area contributed by atoms with Crippen LogP contribution < -0.4 is 10.6 Å². The number of rotatable bonds is 8. The molecule has 0 aromatic heterocycles. The van der Waals surface area contributed by atoms with Crippen molar-refractivity contribution in [1.82, 2.24) is 5.32 Å². The SMILES string of the molecule is CCC(CC)(CO)CNCC(=O)Nc1c(F)cccc1F. The molecular weight excluding hydrogens is 278 g/mol. The Morgan fingerprint density at radius 3 is 2.29 bits per heavy atom. The van der Waals surface area contributed by atoms with Crippen LogP contribution in [0.2, 0.25) is 0 Å². The van der Waals surface area contributed by atoms with Crippen molar-refractivity contribution in [3.05, 3.63) is 29.8 Å². The summed E-state index contributed by atoms with van der Waals surface area (Å²) in [4.78, 5) is 11.7. The summed E-state index contributed by atoms with van der Waals surface area (Å²) in [6, 6.07) is 3.39. The average molecular weight is 300 g/mol. The molecule has 0 fully saturated rings. The molecule has 0 aliphatic rings. The Hall–Kier alpha value is -1.53. The summed E-state index contributed by atoms with van der Waals surface area (Å²) in [6.45, 7) is 4.35. The van der Waals surface area contributed by atoms with E-state index in [0.717, 1.165) is 25.0 Å². The third-order valence-corrected chi connectivity index (χ3v) is 3.85. The van der Waals surface area contributed by atoms with Crippen LogP contribution in [-0.2, 0) is 4.79 Å². The van der Waals surface area contributed by atoms with Crippen LogP contribution in [0.4, 0.5) is 14.5 Å². The van der Waals surface area contributed by atoms with E-state index >= 15 is 0 Å². The molecule has 118 valence electrons. The number of amides is 1. The zero-order valence-corrected chi connectivity index (χ0v) is 12.4. The highest BCUT2D eigenvalue weighted by Gasteiger charge is 2.25. The monoisotopic (exact) mass is 300 g/mol. The predicted octanol–water partition coefficient (Wildman–Crippen LogP) is 2.29. The van der Waals surface area contributed by atoms with E-state index in [1.54, 1.807) is 0 Å². The van der Waals surface area contributed by atoms with E-state index < -0.39 is 23.2 Å². The summed E-state index contributed by atoms with van der Waals surface area (Å²) in [5, 5.41) is 14.5. The van der Waals surface area contributed by atoms with E-state index in [0.29, 0.717) is 6.54 Å². The van der Waals surface area contributed by atoms with Crippen molar-refractivity contribution in [2.75, 3.05) is 25.0 Å². The summed E-state index contributed by atoms with van der Waals surface area (Å²) >= 11 is 0. The van der Waals surface area contributed by atoms with Crippen LogP contribution in [0.25, 0.3) is 0 Å². The van der Waals surface area contributed by atoms with Crippen molar-refractivity contribution < 1.29 is 18.7 Å². The van der Waals surface area contributed by atoms with Gasteiger partial charge in [0, 0.05) is 18.6 Å². The lowest BCUT2D eigenvalue weighted by Gasteiger charge is -2.29. The Kier molecular flexibility index (Phi) is 6.71. The standard InChI is InChI=1S/C15H22F2N2O2/c1-3-15(4-2,10-20)9-18-8-13(21)19-14-11(16)6-5-7-12(14)17/h5-7,18,20H,3-4,8-10H2,1-2H3,(H,19,21). The maximum atomic E-state index is 13.4. The number of carbonyl (C=O) groups excluding carboxylic acids is 1. The van der Waals surface area contributed by atoms with Gasteiger partial charge in [-0.2, -0.15) is 0 Å². The van der Waals surface area contributed by atoms with Crippen LogP contribution in [0.1, 0.15) is 26.7 Å². The van der Waals surface area contributed by atoms with Crippen molar-refractivity contribution in [2.24, 2.45) is 5.41 Å². The predicted molar refractivity (Wildman–Crippen MR) is 78.0 cm³/mol. The van der Waals surface area contributed by atoms with Gasteiger partial charge in [0.2, 0.25) is 5.91 Å². The zero-order valence-electron chi connectivity index (χ0n) is 12.4. The molecule has 6 heteroatoms. The van der Waals surface area contributed by atoms with Crippen molar-refractivity contribution in [2.45, 2.75) is 26.7 Å². The van der Waals surface area contributed by atoms with Crippen molar-refractivity contribution >= 4 is 11.6 Å². The molecule has 0 atom stereocenters. The first-order valence-corrected chi connectivity index (χ1v) is 7.03. The third kappa shape index (κ3) is 4.75. The van der Waals surface area contributed by atoms with E-state index in [4.69, 9.17) is 0 Å². The van der Waals surface area contributed by atoms with Gasteiger partial charge in [0.1, 0.15) is 17.3 Å². The van der Waals surface area contributed by atoms with Gasteiger partial charge in [0.25, 0.3) is 0 Å². The highest BCUT2D eigenvalue weighted by atomic mass is 19.1. The molecule has 3 N–H and O–H groups in total. The van der Waals surface area contributed by atoms with Gasteiger partial charge in [-0.05, 0) is 25.0 Å². The van der Waals surface area contributed by atoms with Gasteiger partial charge in [-0.3, -0.25) is 4.79 Å². The number of halogens is 2. The molecule has 1 aromatic carbocycles. The van der Waals surface area contributed by atoms with Gasteiger partial charge in [-0.15, -0.1) is 0 Å². The first kappa shape index (κ1) is 17.5. The van der Waals surface area contributed by atoms with Crippen molar-refractivity contribution in [3.63, 3.8) is 0 Å². The largest absolute Gasteiger partial charge is 0.396 e. The first-order valence-electron chi connectivity index (χ1n) is 7.03. The van der Waals surface area contributed by atoms with Crippen LogP contribution >= 0.6 is 0 Å². The van der Waals surface area contributed by atoms with E-state index in [9.17, 15) is 18.7 Å². The zero-order chi connectivity index (χ0) is 15.9. The van der Waals surface area contributed by atoms with Crippen molar-refractivity contribution in [3.8, 4) is 0 Å². The quantitative estimate of drug-likeness (QED) is 0.690. The van der Waals surface area contributed by atoms with Gasteiger partial charge < -0.3 is 15.7 Å². The van der Waals surface area contributed by atoms with Crippen LogP contribution in [0.5, 0.6) is 0 Å². The van der Waals surface area contributed by atoms with Crippen LogP contribution in [0.15, 0.2) is 18.2 Å². The number of hydrogen-bond acceptors (Lipinski definition) is 3. The van der Waals surface area contributed by atoms with Gasteiger partial charge in [-0.25, -0.2) is 8.78 Å². The second-order valence-electron chi connectivity index (χ2n) is 5.11. The molecule has 1 rings (SSSR count). The lowest BCUT2D eigenvalue weighted by atomic mass is 9.83. The maximum Gasteiger partial charge on any atom is 0.238 e. The number of nitrogens with one attached hydrogen (secondary N) is 2. The lowest BCUT2D eigenvalue weighted by molar-refractivity contribution is -0.115. The molecule has 4 nitrogen and oxygen atoms in total. The van der Waals surface area contributed by atoms with Crippen LogP contribution in [0, 0.1) is 17.0 Å². The van der Waals surface area contributed by atoms with E-state index in [2.05, 4.69) is 10.6 Å². The summed E-state index contributed by atoms with van der Waals surface area (Å²) in [5.74, 6) is -2.15. The fraction of sp³-hybridized carbons (Fsp3) is 0.533. The number of hydrogen-bond donors (Lipinski definition) is 3. The number of anilines is 1. The molecular formula is C15H22F2N2O2. The average Bonchev–Trinajstić information content (AvgIpc) is 2.48. The molecule has 0 unspecified atom stereocenters. The highest BCUT2D eigenvalue weighted by molar-refractivity contribution is 5.92. The number of carbonyl (C=O) groups is 1. The molecule has 1 aromatic rings. The molecule has 21 heavy (non-hydrogen) atoms. The molecule has 0 spiro atoms. The second kappa shape index (κ2) is 8.05. The number of para-hydroxylation sites is 1. The molecule has 0 heterocycles. The smallest absolute Gasteiger partial charge is 0.238 e. The summed E-state index contributed by atoms with van der Waals surface area (Å²) in [7, 11) is 0. The number of aliphatic hydroxyl groups excluding tert-OH is 1. The summed E-state index contributed by atoms with van der Waals surface area (Å²) in [5.41, 5.74) is -0.715. The Morgan fingerprint density at radius 2 is 1.81 bits per heavy atom. The van der Waals surface area contributed by atoms with Crippen LogP contribution in [0.3, 0.4) is 0 Å².